The van der Waals surface area contributed by atoms with E-state index in [2.05, 4.69) is 13.0 Å². The van der Waals surface area contributed by atoms with Gasteiger partial charge in [-0.1, -0.05) is 6.08 Å². The van der Waals surface area contributed by atoms with Crippen molar-refractivity contribution in [2.75, 3.05) is 29.3 Å². The maximum atomic E-state index is 14.3. The molecule has 1 fully saturated rings. The van der Waals surface area contributed by atoms with Gasteiger partial charge in [0.15, 0.2) is 0 Å². The highest BCUT2D eigenvalue weighted by Gasteiger charge is 2.64. The van der Waals surface area contributed by atoms with Crippen molar-refractivity contribution >= 4 is 40.5 Å². The lowest BCUT2D eigenvalue weighted by Crippen LogP contribution is -2.54. The van der Waals surface area contributed by atoms with Crippen LogP contribution in [0.25, 0.3) is 5.57 Å². The molecule has 0 N–H and O–H groups in total. The average molecular weight is 451 g/mol. The van der Waals surface area contributed by atoms with Crippen LogP contribution in [0.4, 0.5) is 11.4 Å². The average Bonchev–Trinajstić information content (AvgIpc) is 3.23. The summed E-state index contributed by atoms with van der Waals surface area (Å²) in [5, 5.41) is 0. The molecule has 1 saturated heterocycles. The first kappa shape index (κ1) is 20.9. The van der Waals surface area contributed by atoms with Crippen LogP contribution in [0.2, 0.25) is 0 Å². The Labute approximate surface area is 192 Å². The summed E-state index contributed by atoms with van der Waals surface area (Å²) in [6, 6.07) is 11.2. The van der Waals surface area contributed by atoms with Crippen molar-refractivity contribution < 1.29 is 19.1 Å². The number of amides is 2. The molecule has 32 heavy (non-hydrogen) atoms. The number of fused-ring (bicyclic) bond motifs is 1. The Hall–Kier alpha value is -2.93. The van der Waals surface area contributed by atoms with Crippen molar-refractivity contribution in [3.63, 3.8) is 0 Å². The number of carbonyl (C=O) groups is 2. The first-order chi connectivity index (χ1) is 15.2. The van der Waals surface area contributed by atoms with E-state index < -0.39 is 10.4 Å². The molecular weight excluding hydrogens is 424 g/mol. The van der Waals surface area contributed by atoms with E-state index in [4.69, 9.17) is 9.47 Å². The molecular formula is C25H26N2O4S. The molecule has 0 radical (unpaired) electrons. The number of allylic oxidation sites excluding steroid dienone is 1. The molecule has 3 aliphatic rings. The second-order valence-electron chi connectivity index (χ2n) is 8.78. The lowest BCUT2D eigenvalue weighted by molar-refractivity contribution is -0.124. The first-order valence-corrected chi connectivity index (χ1v) is 11.7. The summed E-state index contributed by atoms with van der Waals surface area (Å²) in [7, 11) is 1.60. The van der Waals surface area contributed by atoms with Gasteiger partial charge in [-0.05, 0) is 69.7 Å². The van der Waals surface area contributed by atoms with E-state index in [-0.39, 0.29) is 17.6 Å². The summed E-state index contributed by atoms with van der Waals surface area (Å²) in [6.45, 7) is 8.60. The summed E-state index contributed by atoms with van der Waals surface area (Å²) in [4.78, 5) is 29.9. The topological polar surface area (TPSA) is 59.1 Å². The fourth-order valence-electron chi connectivity index (χ4n) is 5.13. The molecule has 0 aliphatic carbocycles. The molecule has 1 atom stereocenters. The molecule has 0 aromatic heterocycles. The number of hydrogen-bond acceptors (Lipinski definition) is 5. The van der Waals surface area contributed by atoms with Crippen molar-refractivity contribution in [3.05, 3.63) is 53.6 Å². The highest BCUT2D eigenvalue weighted by molar-refractivity contribution is 8.02. The Morgan fingerprint density at radius 1 is 1.06 bits per heavy atom. The van der Waals surface area contributed by atoms with Gasteiger partial charge in [0.2, 0.25) is 10.8 Å². The van der Waals surface area contributed by atoms with Crippen molar-refractivity contribution in [2.45, 2.75) is 38.1 Å². The van der Waals surface area contributed by atoms with Crippen LogP contribution in [-0.2, 0) is 14.5 Å². The van der Waals surface area contributed by atoms with Crippen LogP contribution < -0.4 is 19.3 Å². The number of thioether (sulfide) groups is 1. The predicted molar refractivity (Wildman–Crippen MR) is 127 cm³/mol. The largest absolute Gasteiger partial charge is 0.497 e. The zero-order chi connectivity index (χ0) is 22.8. The van der Waals surface area contributed by atoms with Gasteiger partial charge in [0.25, 0.3) is 5.91 Å². The standard InChI is InChI=1S/C25H26N2O4S/c1-6-31-18-11-19-15(2)13-24(3,4)27-22(19)20(12-18)25(23(27)29)26(21(28)14-32-25)16-7-9-17(30-5)10-8-16/h7-13H,6,14H2,1-5H3/t25-/m0/s1. The third kappa shape index (κ3) is 2.67. The summed E-state index contributed by atoms with van der Waals surface area (Å²) >= 11 is 1.38. The zero-order valence-electron chi connectivity index (χ0n) is 18.9. The lowest BCUT2D eigenvalue weighted by atomic mass is 9.89. The zero-order valence-corrected chi connectivity index (χ0v) is 19.7. The van der Waals surface area contributed by atoms with Gasteiger partial charge < -0.3 is 9.47 Å². The summed E-state index contributed by atoms with van der Waals surface area (Å²) < 4.78 is 11.2. The molecule has 3 heterocycles. The summed E-state index contributed by atoms with van der Waals surface area (Å²) in [5.74, 6) is 1.44. The number of ether oxygens (including phenoxy) is 2. The summed E-state index contributed by atoms with van der Waals surface area (Å²) in [5.41, 5.74) is 3.92. The fraction of sp³-hybridized carbons (Fsp3) is 0.360. The van der Waals surface area contributed by atoms with Crippen LogP contribution >= 0.6 is 11.8 Å². The minimum Gasteiger partial charge on any atom is -0.497 e. The molecule has 6 nitrogen and oxygen atoms in total. The Kier molecular flexibility index (Phi) is 4.60. The van der Waals surface area contributed by atoms with Crippen LogP contribution in [0.3, 0.4) is 0 Å². The maximum Gasteiger partial charge on any atom is 0.269 e. The number of anilines is 2. The molecule has 3 aliphatic heterocycles. The van der Waals surface area contributed by atoms with Crippen LogP contribution in [-0.4, -0.2) is 36.8 Å². The van der Waals surface area contributed by atoms with Gasteiger partial charge >= 0.3 is 0 Å². The minimum absolute atomic E-state index is 0.0913. The fourth-order valence-corrected chi connectivity index (χ4v) is 6.46. The molecule has 166 valence electrons. The number of benzene rings is 2. The van der Waals surface area contributed by atoms with Crippen LogP contribution in [0.15, 0.2) is 42.5 Å². The van der Waals surface area contributed by atoms with E-state index in [9.17, 15) is 9.59 Å². The molecule has 2 amide bonds. The molecule has 1 spiro atoms. The number of hydrogen-bond donors (Lipinski definition) is 0. The highest BCUT2D eigenvalue weighted by Crippen LogP contribution is 2.60. The Morgan fingerprint density at radius 2 is 1.78 bits per heavy atom. The van der Waals surface area contributed by atoms with Crippen molar-refractivity contribution in [1.82, 2.24) is 0 Å². The van der Waals surface area contributed by atoms with E-state index in [0.29, 0.717) is 23.8 Å². The van der Waals surface area contributed by atoms with Gasteiger partial charge in [-0.3, -0.25) is 19.4 Å². The molecule has 7 heteroatoms. The Balaban J connectivity index is 1.78. The molecule has 0 unspecified atom stereocenters. The number of nitrogens with zero attached hydrogens (tertiary/aromatic N) is 2. The van der Waals surface area contributed by atoms with Crippen LogP contribution in [0, 0.1) is 0 Å². The van der Waals surface area contributed by atoms with Crippen LogP contribution in [0.5, 0.6) is 11.5 Å². The van der Waals surface area contributed by atoms with Crippen molar-refractivity contribution in [3.8, 4) is 11.5 Å². The number of carbonyl (C=O) groups excluding carboxylic acids is 2. The van der Waals surface area contributed by atoms with Gasteiger partial charge in [-0.2, -0.15) is 0 Å². The third-order valence-corrected chi connectivity index (χ3v) is 7.73. The second kappa shape index (κ2) is 7.04. The number of methoxy groups -OCH3 is 1. The van der Waals surface area contributed by atoms with Gasteiger partial charge in [-0.25, -0.2) is 0 Å². The molecule has 2 aromatic carbocycles. The molecule has 0 saturated carbocycles. The van der Waals surface area contributed by atoms with Gasteiger partial charge in [0.05, 0.1) is 30.7 Å². The lowest BCUT2D eigenvalue weighted by Gasteiger charge is -2.40. The molecule has 2 aromatic rings. The second-order valence-corrected chi connectivity index (χ2v) is 9.95. The molecule has 5 rings (SSSR count). The van der Waals surface area contributed by atoms with Crippen LogP contribution in [0.1, 0.15) is 38.8 Å². The monoisotopic (exact) mass is 450 g/mol. The Bertz CT molecular complexity index is 1170. The molecule has 0 bridgehead atoms. The minimum atomic E-state index is -1.17. The van der Waals surface area contributed by atoms with E-state index >= 15 is 0 Å². The van der Waals surface area contributed by atoms with E-state index in [1.165, 1.54) is 11.8 Å². The highest BCUT2D eigenvalue weighted by atomic mass is 32.2. The van der Waals surface area contributed by atoms with Gasteiger partial charge in [-0.15, -0.1) is 11.8 Å². The quantitative estimate of drug-likeness (QED) is 0.683. The maximum absolute atomic E-state index is 14.3. The summed E-state index contributed by atoms with van der Waals surface area (Å²) in [6.07, 6.45) is 2.12. The van der Waals surface area contributed by atoms with Gasteiger partial charge in [0.1, 0.15) is 11.5 Å². The van der Waals surface area contributed by atoms with E-state index in [1.807, 2.05) is 62.1 Å². The Morgan fingerprint density at radius 3 is 2.44 bits per heavy atom. The first-order valence-electron chi connectivity index (χ1n) is 10.7. The SMILES string of the molecule is CCOc1cc2c3c(c1)[C@]1(SCC(=O)N1c1ccc(OC)cc1)C(=O)N3C(C)(C)C=C2C. The number of rotatable bonds is 4. The van der Waals surface area contributed by atoms with Crippen molar-refractivity contribution in [2.24, 2.45) is 0 Å². The third-order valence-electron chi connectivity index (χ3n) is 6.35. The van der Waals surface area contributed by atoms with Crippen molar-refractivity contribution in [1.29, 1.82) is 0 Å². The normalized spacial score (nSPS) is 23.0. The van der Waals surface area contributed by atoms with E-state index in [1.54, 1.807) is 12.0 Å². The van der Waals surface area contributed by atoms with Gasteiger partial charge in [0, 0.05) is 16.8 Å². The van der Waals surface area contributed by atoms with E-state index in [0.717, 1.165) is 22.4 Å². The predicted octanol–water partition coefficient (Wildman–Crippen LogP) is 4.57. The smallest absolute Gasteiger partial charge is 0.269 e.